The van der Waals surface area contributed by atoms with Crippen LogP contribution in [0.25, 0.3) is 0 Å². The second-order valence-corrected chi connectivity index (χ2v) is 8.40. The quantitative estimate of drug-likeness (QED) is 0.188. The molecular formula is C30H38O2. The Labute approximate surface area is 194 Å². The summed E-state index contributed by atoms with van der Waals surface area (Å²) in [5.74, 6) is 0.0217. The summed E-state index contributed by atoms with van der Waals surface area (Å²) in [5, 5.41) is 0. The van der Waals surface area contributed by atoms with E-state index >= 15 is 0 Å². The molecular weight excluding hydrogens is 392 g/mol. The molecule has 3 rings (SSSR count). The van der Waals surface area contributed by atoms with Crippen LogP contribution in [0.2, 0.25) is 0 Å². The third-order valence-electron chi connectivity index (χ3n) is 6.05. The van der Waals surface area contributed by atoms with Gasteiger partial charge >= 0.3 is 0 Å². The lowest BCUT2D eigenvalue weighted by Gasteiger charge is -2.41. The SMILES string of the molecule is CCCCCCCCC(c1ccccc1)C(OCC)(Oc1ccccc1)c1ccccc1. The highest BCUT2D eigenvalue weighted by Gasteiger charge is 2.44. The minimum absolute atomic E-state index is 0.0810. The van der Waals surface area contributed by atoms with Crippen molar-refractivity contribution in [3.63, 3.8) is 0 Å². The van der Waals surface area contributed by atoms with Gasteiger partial charge in [-0.1, -0.05) is 124 Å². The van der Waals surface area contributed by atoms with Crippen molar-refractivity contribution in [2.45, 2.75) is 70.5 Å². The molecule has 2 unspecified atom stereocenters. The molecule has 0 saturated heterocycles. The lowest BCUT2D eigenvalue weighted by Crippen LogP contribution is -2.42. The summed E-state index contributed by atoms with van der Waals surface area (Å²) in [5.41, 5.74) is 2.32. The molecule has 0 aliphatic carbocycles. The molecule has 2 heteroatoms. The fourth-order valence-corrected chi connectivity index (χ4v) is 4.48. The van der Waals surface area contributed by atoms with Crippen molar-refractivity contribution < 1.29 is 9.47 Å². The molecule has 0 aromatic heterocycles. The van der Waals surface area contributed by atoms with Crippen LogP contribution in [0.15, 0.2) is 91.0 Å². The van der Waals surface area contributed by atoms with Crippen molar-refractivity contribution in [3.05, 3.63) is 102 Å². The summed E-state index contributed by atoms with van der Waals surface area (Å²) in [6.07, 6.45) is 8.63. The van der Waals surface area contributed by atoms with Gasteiger partial charge in [0.05, 0.1) is 5.92 Å². The first-order valence-corrected chi connectivity index (χ1v) is 12.3. The fraction of sp³-hybridized carbons (Fsp3) is 0.400. The van der Waals surface area contributed by atoms with Gasteiger partial charge < -0.3 is 9.47 Å². The molecule has 0 heterocycles. The summed E-state index contributed by atoms with van der Waals surface area (Å²) in [4.78, 5) is 0. The van der Waals surface area contributed by atoms with Gasteiger partial charge in [-0.2, -0.15) is 0 Å². The molecule has 2 nitrogen and oxygen atoms in total. The first-order chi connectivity index (χ1) is 15.8. The highest BCUT2D eigenvalue weighted by atomic mass is 16.7. The average Bonchev–Trinajstić information content (AvgIpc) is 2.85. The van der Waals surface area contributed by atoms with Gasteiger partial charge in [0.25, 0.3) is 0 Å². The Hall–Kier alpha value is -2.58. The Kier molecular flexibility index (Phi) is 9.84. The van der Waals surface area contributed by atoms with Crippen LogP contribution in [0.5, 0.6) is 5.75 Å². The minimum atomic E-state index is -0.887. The topological polar surface area (TPSA) is 18.5 Å². The minimum Gasteiger partial charge on any atom is -0.457 e. The molecule has 3 aromatic rings. The molecule has 3 aromatic carbocycles. The monoisotopic (exact) mass is 430 g/mol. The van der Waals surface area contributed by atoms with Crippen LogP contribution >= 0.6 is 0 Å². The van der Waals surface area contributed by atoms with Crippen molar-refractivity contribution in [1.29, 1.82) is 0 Å². The molecule has 0 radical (unpaired) electrons. The summed E-state index contributed by atoms with van der Waals surface area (Å²) >= 11 is 0. The fourth-order valence-electron chi connectivity index (χ4n) is 4.48. The van der Waals surface area contributed by atoms with E-state index in [4.69, 9.17) is 9.47 Å². The van der Waals surface area contributed by atoms with Gasteiger partial charge in [0.1, 0.15) is 5.75 Å². The smallest absolute Gasteiger partial charge is 0.244 e. The van der Waals surface area contributed by atoms with E-state index in [9.17, 15) is 0 Å². The van der Waals surface area contributed by atoms with Crippen molar-refractivity contribution in [1.82, 2.24) is 0 Å². The van der Waals surface area contributed by atoms with Gasteiger partial charge in [0.2, 0.25) is 5.79 Å². The van der Waals surface area contributed by atoms with Crippen LogP contribution in [0.4, 0.5) is 0 Å². The molecule has 32 heavy (non-hydrogen) atoms. The van der Waals surface area contributed by atoms with E-state index in [0.29, 0.717) is 6.61 Å². The Bertz CT molecular complexity index is 863. The van der Waals surface area contributed by atoms with E-state index in [1.165, 1.54) is 37.7 Å². The zero-order chi connectivity index (χ0) is 22.5. The Morgan fingerprint density at radius 2 is 1.22 bits per heavy atom. The number of para-hydroxylation sites is 1. The third kappa shape index (κ3) is 6.46. The molecule has 0 aliphatic rings. The van der Waals surface area contributed by atoms with Crippen molar-refractivity contribution >= 4 is 0 Å². The average molecular weight is 431 g/mol. The zero-order valence-electron chi connectivity index (χ0n) is 19.7. The van der Waals surface area contributed by atoms with Gasteiger partial charge in [0, 0.05) is 12.2 Å². The number of benzene rings is 3. The van der Waals surface area contributed by atoms with Crippen LogP contribution in [0, 0.1) is 0 Å². The van der Waals surface area contributed by atoms with Crippen LogP contribution in [0.1, 0.15) is 75.8 Å². The zero-order valence-corrected chi connectivity index (χ0v) is 19.7. The third-order valence-corrected chi connectivity index (χ3v) is 6.05. The first kappa shape index (κ1) is 24.1. The van der Waals surface area contributed by atoms with Crippen LogP contribution in [0.3, 0.4) is 0 Å². The number of unbranched alkanes of at least 4 members (excludes halogenated alkanes) is 5. The number of hydrogen-bond acceptors (Lipinski definition) is 2. The number of ether oxygens (including phenoxy) is 2. The Morgan fingerprint density at radius 1 is 0.656 bits per heavy atom. The lowest BCUT2D eigenvalue weighted by atomic mass is 9.81. The van der Waals surface area contributed by atoms with Crippen LogP contribution in [-0.2, 0) is 10.5 Å². The summed E-state index contributed by atoms with van der Waals surface area (Å²) in [6.45, 7) is 4.89. The molecule has 0 spiro atoms. The van der Waals surface area contributed by atoms with Crippen molar-refractivity contribution in [2.75, 3.05) is 6.61 Å². The molecule has 0 aliphatic heterocycles. The summed E-state index contributed by atoms with van der Waals surface area (Å²) in [7, 11) is 0. The summed E-state index contributed by atoms with van der Waals surface area (Å²) in [6, 6.07) is 31.3. The van der Waals surface area contributed by atoms with Gasteiger partial charge in [-0.3, -0.25) is 0 Å². The Morgan fingerprint density at radius 3 is 1.84 bits per heavy atom. The first-order valence-electron chi connectivity index (χ1n) is 12.3. The molecule has 0 bridgehead atoms. The maximum Gasteiger partial charge on any atom is 0.244 e. The van der Waals surface area contributed by atoms with Crippen molar-refractivity contribution in [2.24, 2.45) is 0 Å². The van der Waals surface area contributed by atoms with E-state index in [-0.39, 0.29) is 5.92 Å². The normalized spacial score (nSPS) is 13.9. The summed E-state index contributed by atoms with van der Waals surface area (Å²) < 4.78 is 13.4. The standard InChI is InChI=1S/C30H38O2/c1-3-5-6-7-8-18-25-29(26-19-12-9-13-20-26)30(31-4-2,27-21-14-10-15-22-27)32-28-23-16-11-17-24-28/h9-17,19-24,29H,3-8,18,25H2,1-2H3. The highest BCUT2D eigenvalue weighted by Crippen LogP contribution is 2.45. The van der Waals surface area contributed by atoms with Crippen LogP contribution in [-0.4, -0.2) is 6.61 Å². The van der Waals surface area contributed by atoms with E-state index < -0.39 is 5.79 Å². The van der Waals surface area contributed by atoms with Crippen molar-refractivity contribution in [3.8, 4) is 5.75 Å². The van der Waals surface area contributed by atoms with Gasteiger partial charge in [-0.15, -0.1) is 0 Å². The largest absolute Gasteiger partial charge is 0.457 e. The van der Waals surface area contributed by atoms with Crippen LogP contribution < -0.4 is 4.74 Å². The molecule has 0 saturated carbocycles. The lowest BCUT2D eigenvalue weighted by molar-refractivity contribution is -0.207. The Balaban J connectivity index is 1.99. The predicted molar refractivity (Wildman–Crippen MR) is 134 cm³/mol. The highest BCUT2D eigenvalue weighted by molar-refractivity contribution is 5.32. The number of hydrogen-bond donors (Lipinski definition) is 0. The molecule has 0 N–H and O–H groups in total. The maximum absolute atomic E-state index is 6.82. The molecule has 2 atom stereocenters. The second-order valence-electron chi connectivity index (χ2n) is 8.40. The van der Waals surface area contributed by atoms with E-state index in [2.05, 4.69) is 68.4 Å². The molecule has 0 fully saturated rings. The second kappa shape index (κ2) is 13.1. The molecule has 0 amide bonds. The molecule has 170 valence electrons. The van der Waals surface area contributed by atoms with Gasteiger partial charge in [-0.05, 0) is 31.0 Å². The van der Waals surface area contributed by atoms with E-state index in [1.54, 1.807) is 0 Å². The number of rotatable bonds is 14. The van der Waals surface area contributed by atoms with Gasteiger partial charge in [-0.25, -0.2) is 0 Å². The van der Waals surface area contributed by atoms with E-state index in [1.807, 2.05) is 36.4 Å². The maximum atomic E-state index is 6.82. The van der Waals surface area contributed by atoms with E-state index in [0.717, 1.165) is 24.2 Å². The van der Waals surface area contributed by atoms with Gasteiger partial charge in [0.15, 0.2) is 0 Å². The predicted octanol–water partition coefficient (Wildman–Crippen LogP) is 8.49.